The molecule has 0 radical (unpaired) electrons. The molecule has 0 aliphatic heterocycles. The molecule has 1 atom stereocenters. The molecule has 0 unspecified atom stereocenters. The second-order valence-corrected chi connectivity index (χ2v) is 6.32. The number of carbonyl (C=O) groups is 1. The van der Waals surface area contributed by atoms with Gasteiger partial charge in [0.2, 0.25) is 11.8 Å². The summed E-state index contributed by atoms with van der Waals surface area (Å²) >= 11 is 1.20. The van der Waals surface area contributed by atoms with Gasteiger partial charge >= 0.3 is 0 Å². The maximum atomic E-state index is 12.2. The number of ether oxygens (including phenoxy) is 1. The highest BCUT2D eigenvalue weighted by Crippen LogP contribution is 2.27. The first-order chi connectivity index (χ1) is 11.5. The van der Waals surface area contributed by atoms with Crippen molar-refractivity contribution in [2.45, 2.75) is 23.8 Å². The van der Waals surface area contributed by atoms with Crippen LogP contribution in [0, 0.1) is 11.3 Å². The van der Waals surface area contributed by atoms with Crippen molar-refractivity contribution in [2.75, 3.05) is 20.7 Å². The molecule has 0 bridgehead atoms. The van der Waals surface area contributed by atoms with Gasteiger partial charge in [0.25, 0.3) is 5.22 Å². The number of amides is 1. The number of nitrogens with zero attached hydrogens (tertiary/aromatic N) is 4. The third-order valence-corrected chi connectivity index (χ3v) is 4.23. The summed E-state index contributed by atoms with van der Waals surface area (Å²) in [5, 5.41) is 16.5. The van der Waals surface area contributed by atoms with E-state index in [9.17, 15) is 4.79 Å². The molecule has 2 rings (SSSR count). The zero-order valence-electron chi connectivity index (χ0n) is 13.7. The lowest BCUT2D eigenvalue weighted by Crippen LogP contribution is -2.33. The molecule has 1 heterocycles. The van der Waals surface area contributed by atoms with Gasteiger partial charge in [-0.3, -0.25) is 4.79 Å². The summed E-state index contributed by atoms with van der Waals surface area (Å²) in [6.07, 6.45) is 0.307. The van der Waals surface area contributed by atoms with E-state index in [0.29, 0.717) is 24.1 Å². The molecule has 0 N–H and O–H groups in total. The van der Waals surface area contributed by atoms with Gasteiger partial charge in [-0.1, -0.05) is 11.8 Å². The highest BCUT2D eigenvalue weighted by molar-refractivity contribution is 8.00. The first kappa shape index (κ1) is 17.8. The molecule has 0 aliphatic carbocycles. The highest BCUT2D eigenvalue weighted by atomic mass is 32.2. The van der Waals surface area contributed by atoms with Crippen molar-refractivity contribution in [2.24, 2.45) is 0 Å². The van der Waals surface area contributed by atoms with Gasteiger partial charge in [-0.05, 0) is 31.2 Å². The maximum absolute atomic E-state index is 12.2. The minimum Gasteiger partial charge on any atom is -0.497 e. The minimum atomic E-state index is -0.377. The number of rotatable bonds is 7. The number of hydrogen-bond acceptors (Lipinski definition) is 7. The standard InChI is InChI=1S/C16H18N4O3S/c1-11(15(21)20(2)10-4-9-17)24-16-19-18-14(23-16)12-5-7-13(22-3)8-6-12/h5-8,11H,4,10H2,1-3H3/t11-/m0/s1. The molecule has 0 spiro atoms. The maximum Gasteiger partial charge on any atom is 0.277 e. The summed E-state index contributed by atoms with van der Waals surface area (Å²) in [5.74, 6) is 1.05. The Labute approximate surface area is 144 Å². The van der Waals surface area contributed by atoms with Crippen molar-refractivity contribution in [3.63, 3.8) is 0 Å². The molecule has 0 saturated carbocycles. The quantitative estimate of drug-likeness (QED) is 0.711. The van der Waals surface area contributed by atoms with Crippen LogP contribution < -0.4 is 4.74 Å². The van der Waals surface area contributed by atoms with E-state index < -0.39 is 0 Å². The molecule has 0 aliphatic rings. The third-order valence-electron chi connectivity index (χ3n) is 3.30. The smallest absolute Gasteiger partial charge is 0.277 e. The first-order valence-corrected chi connectivity index (χ1v) is 8.19. The van der Waals surface area contributed by atoms with E-state index in [1.807, 2.05) is 30.3 Å². The summed E-state index contributed by atoms with van der Waals surface area (Å²) in [6.45, 7) is 2.17. The van der Waals surface area contributed by atoms with Crippen molar-refractivity contribution in [1.82, 2.24) is 15.1 Å². The zero-order valence-corrected chi connectivity index (χ0v) is 14.5. The fourth-order valence-corrected chi connectivity index (χ4v) is 2.75. The lowest BCUT2D eigenvalue weighted by molar-refractivity contribution is -0.128. The van der Waals surface area contributed by atoms with Gasteiger partial charge in [0.15, 0.2) is 0 Å². The number of aromatic nitrogens is 2. The molecular formula is C16H18N4O3S. The van der Waals surface area contributed by atoms with Crippen molar-refractivity contribution < 1.29 is 13.9 Å². The Morgan fingerprint density at radius 1 is 1.42 bits per heavy atom. The average Bonchev–Trinajstić information content (AvgIpc) is 3.07. The zero-order chi connectivity index (χ0) is 17.5. The predicted octanol–water partition coefficient (Wildman–Crippen LogP) is 2.60. The third kappa shape index (κ3) is 4.49. The monoisotopic (exact) mass is 346 g/mol. The normalized spacial score (nSPS) is 11.6. The van der Waals surface area contributed by atoms with Crippen LogP contribution >= 0.6 is 11.8 Å². The number of methoxy groups -OCH3 is 1. The molecule has 2 aromatic rings. The number of nitriles is 1. The fourth-order valence-electron chi connectivity index (χ4n) is 1.95. The van der Waals surface area contributed by atoms with E-state index >= 15 is 0 Å². The Morgan fingerprint density at radius 3 is 2.75 bits per heavy atom. The van der Waals surface area contributed by atoms with Crippen LogP contribution in [0.5, 0.6) is 5.75 Å². The SMILES string of the molecule is COc1ccc(-c2nnc(S[C@@H](C)C(=O)N(C)CCC#N)o2)cc1. The molecule has 126 valence electrons. The van der Waals surface area contributed by atoms with Crippen LogP contribution in [0.3, 0.4) is 0 Å². The Kier molecular flexibility index (Phi) is 6.21. The summed E-state index contributed by atoms with van der Waals surface area (Å²) in [4.78, 5) is 13.7. The van der Waals surface area contributed by atoms with Crippen LogP contribution in [0.15, 0.2) is 33.9 Å². The Balaban J connectivity index is 2.00. The van der Waals surface area contributed by atoms with E-state index in [-0.39, 0.29) is 11.2 Å². The predicted molar refractivity (Wildman–Crippen MR) is 89.5 cm³/mol. The van der Waals surface area contributed by atoms with E-state index in [2.05, 4.69) is 10.2 Å². The molecule has 0 saturated heterocycles. The van der Waals surface area contributed by atoms with E-state index in [0.717, 1.165) is 11.3 Å². The van der Waals surface area contributed by atoms with Gasteiger partial charge in [0.05, 0.1) is 24.8 Å². The fraction of sp³-hybridized carbons (Fsp3) is 0.375. The van der Waals surface area contributed by atoms with Gasteiger partial charge in [0, 0.05) is 19.2 Å². The molecule has 1 aromatic carbocycles. The molecule has 7 nitrogen and oxygen atoms in total. The summed E-state index contributed by atoms with van der Waals surface area (Å²) in [5.41, 5.74) is 0.778. The van der Waals surface area contributed by atoms with Crippen LogP contribution in [-0.4, -0.2) is 47.0 Å². The number of benzene rings is 1. The molecule has 8 heteroatoms. The number of hydrogen-bond donors (Lipinski definition) is 0. The van der Waals surface area contributed by atoms with Crippen LogP contribution in [-0.2, 0) is 4.79 Å². The topological polar surface area (TPSA) is 92.3 Å². The van der Waals surface area contributed by atoms with Crippen molar-refractivity contribution in [1.29, 1.82) is 5.26 Å². The van der Waals surface area contributed by atoms with E-state index in [1.54, 1.807) is 21.1 Å². The van der Waals surface area contributed by atoms with Gasteiger partial charge in [0.1, 0.15) is 5.75 Å². The van der Waals surface area contributed by atoms with Crippen LogP contribution in [0.25, 0.3) is 11.5 Å². The lowest BCUT2D eigenvalue weighted by Gasteiger charge is -2.18. The average molecular weight is 346 g/mol. The summed E-state index contributed by atoms with van der Waals surface area (Å²) in [7, 11) is 3.27. The first-order valence-electron chi connectivity index (χ1n) is 7.31. The molecular weight excluding hydrogens is 328 g/mol. The van der Waals surface area contributed by atoms with Crippen LogP contribution in [0.2, 0.25) is 0 Å². The van der Waals surface area contributed by atoms with Crippen LogP contribution in [0.1, 0.15) is 13.3 Å². The summed E-state index contributed by atoms with van der Waals surface area (Å²) < 4.78 is 10.7. The van der Waals surface area contributed by atoms with Crippen molar-refractivity contribution in [3.8, 4) is 23.3 Å². The highest BCUT2D eigenvalue weighted by Gasteiger charge is 2.21. The van der Waals surface area contributed by atoms with E-state index in [4.69, 9.17) is 14.4 Å². The molecule has 1 amide bonds. The number of thioether (sulfide) groups is 1. The van der Waals surface area contributed by atoms with Gasteiger partial charge in [-0.15, -0.1) is 10.2 Å². The van der Waals surface area contributed by atoms with Gasteiger partial charge < -0.3 is 14.1 Å². The van der Waals surface area contributed by atoms with Crippen molar-refractivity contribution in [3.05, 3.63) is 24.3 Å². The lowest BCUT2D eigenvalue weighted by atomic mass is 10.2. The molecule has 1 aromatic heterocycles. The second kappa shape index (κ2) is 8.36. The largest absolute Gasteiger partial charge is 0.497 e. The van der Waals surface area contributed by atoms with Crippen LogP contribution in [0.4, 0.5) is 0 Å². The molecule has 0 fully saturated rings. The Morgan fingerprint density at radius 2 is 2.12 bits per heavy atom. The van der Waals surface area contributed by atoms with Gasteiger partial charge in [-0.25, -0.2) is 0 Å². The van der Waals surface area contributed by atoms with Gasteiger partial charge in [-0.2, -0.15) is 5.26 Å². The van der Waals surface area contributed by atoms with E-state index in [1.165, 1.54) is 16.7 Å². The Hall–Kier alpha value is -2.53. The van der Waals surface area contributed by atoms with Crippen molar-refractivity contribution >= 4 is 17.7 Å². The number of carbonyl (C=O) groups excluding carboxylic acids is 1. The Bertz CT molecular complexity index is 724. The summed E-state index contributed by atoms with van der Waals surface area (Å²) in [6, 6.07) is 9.29. The molecule has 24 heavy (non-hydrogen) atoms. The minimum absolute atomic E-state index is 0.0838. The second-order valence-electron chi connectivity index (χ2n) is 5.03.